The van der Waals surface area contributed by atoms with Crippen molar-refractivity contribution >= 4 is 10.9 Å². The Balaban J connectivity index is 2.43. The van der Waals surface area contributed by atoms with Crippen LogP contribution >= 0.6 is 0 Å². The number of para-hydroxylation sites is 1. The Morgan fingerprint density at radius 3 is 2.87 bits per heavy atom. The van der Waals surface area contributed by atoms with Crippen LogP contribution in [0.1, 0.15) is 5.56 Å². The highest BCUT2D eigenvalue weighted by Gasteiger charge is 2.09. The van der Waals surface area contributed by atoms with Crippen LogP contribution in [0.2, 0.25) is 0 Å². The molecular weight excluding hydrogens is 188 g/mol. The van der Waals surface area contributed by atoms with Crippen molar-refractivity contribution in [3.63, 3.8) is 0 Å². The molecule has 3 N–H and O–H groups in total. The highest BCUT2D eigenvalue weighted by atomic mass is 16.3. The van der Waals surface area contributed by atoms with Gasteiger partial charge in [0.1, 0.15) is 0 Å². The molecule has 0 aliphatic rings. The van der Waals surface area contributed by atoms with Crippen LogP contribution in [-0.4, -0.2) is 22.3 Å². The first-order valence-corrected chi connectivity index (χ1v) is 5.11. The molecule has 0 fully saturated rings. The number of aliphatic hydroxyl groups excluding tert-OH is 1. The highest BCUT2D eigenvalue weighted by Crippen LogP contribution is 2.20. The number of rotatable bonds is 3. The van der Waals surface area contributed by atoms with E-state index in [4.69, 9.17) is 10.8 Å². The fourth-order valence-electron chi connectivity index (χ4n) is 1.94. The molecule has 0 unspecified atom stereocenters. The van der Waals surface area contributed by atoms with Gasteiger partial charge in [0.05, 0.1) is 6.61 Å². The lowest BCUT2D eigenvalue weighted by Gasteiger charge is -2.05. The number of fused-ring (bicyclic) bond motifs is 1. The second kappa shape index (κ2) is 4.04. The van der Waals surface area contributed by atoms with Crippen molar-refractivity contribution in [2.45, 2.75) is 12.5 Å². The zero-order chi connectivity index (χ0) is 10.8. The van der Waals surface area contributed by atoms with Gasteiger partial charge in [-0.3, -0.25) is 0 Å². The van der Waals surface area contributed by atoms with Crippen molar-refractivity contribution in [3.8, 4) is 0 Å². The number of hydrogen-bond acceptors (Lipinski definition) is 2. The Morgan fingerprint density at radius 1 is 1.40 bits per heavy atom. The summed E-state index contributed by atoms with van der Waals surface area (Å²) in [4.78, 5) is 0. The van der Waals surface area contributed by atoms with Gasteiger partial charge in [0.2, 0.25) is 0 Å². The van der Waals surface area contributed by atoms with Gasteiger partial charge in [-0.05, 0) is 18.1 Å². The SMILES string of the molecule is Cn1cc(C[C@@H](N)CO)c2ccccc21. The number of nitrogens with zero attached hydrogens (tertiary/aromatic N) is 1. The summed E-state index contributed by atoms with van der Waals surface area (Å²) in [6, 6.07) is 8.06. The molecule has 0 radical (unpaired) electrons. The average molecular weight is 204 g/mol. The van der Waals surface area contributed by atoms with E-state index in [-0.39, 0.29) is 12.6 Å². The largest absolute Gasteiger partial charge is 0.395 e. The van der Waals surface area contributed by atoms with Crippen LogP contribution in [0.4, 0.5) is 0 Å². The number of nitrogens with two attached hydrogens (primary N) is 1. The predicted octanol–water partition coefficient (Wildman–Crippen LogP) is 1.04. The molecule has 1 heterocycles. The molecule has 0 saturated heterocycles. The van der Waals surface area contributed by atoms with Gasteiger partial charge < -0.3 is 15.4 Å². The first kappa shape index (κ1) is 10.2. The van der Waals surface area contributed by atoms with Crippen LogP contribution in [0, 0.1) is 0 Å². The summed E-state index contributed by atoms with van der Waals surface area (Å²) in [6.45, 7) is 0.0310. The molecule has 0 aliphatic carbocycles. The van der Waals surface area contributed by atoms with Gasteiger partial charge in [0.15, 0.2) is 0 Å². The number of hydrogen-bond donors (Lipinski definition) is 2. The number of aliphatic hydroxyl groups is 1. The molecule has 0 amide bonds. The van der Waals surface area contributed by atoms with Gasteiger partial charge in [0, 0.05) is 30.2 Å². The van der Waals surface area contributed by atoms with E-state index in [0.717, 1.165) is 6.42 Å². The van der Waals surface area contributed by atoms with Gasteiger partial charge in [-0.15, -0.1) is 0 Å². The van der Waals surface area contributed by atoms with E-state index in [1.54, 1.807) is 0 Å². The maximum Gasteiger partial charge on any atom is 0.0585 e. The van der Waals surface area contributed by atoms with Crippen molar-refractivity contribution in [3.05, 3.63) is 36.0 Å². The molecule has 0 aliphatic heterocycles. The molecule has 1 aromatic carbocycles. The van der Waals surface area contributed by atoms with Crippen LogP contribution in [0.15, 0.2) is 30.5 Å². The minimum absolute atomic E-state index is 0.0310. The quantitative estimate of drug-likeness (QED) is 0.785. The lowest BCUT2D eigenvalue weighted by atomic mass is 10.1. The summed E-state index contributed by atoms with van der Waals surface area (Å²) in [5.74, 6) is 0. The van der Waals surface area contributed by atoms with E-state index in [1.807, 2.05) is 19.2 Å². The number of aryl methyl sites for hydroxylation is 1. The van der Waals surface area contributed by atoms with Gasteiger partial charge in [0.25, 0.3) is 0 Å². The van der Waals surface area contributed by atoms with Crippen molar-refractivity contribution in [1.82, 2.24) is 4.57 Å². The standard InChI is InChI=1S/C12H16N2O/c1-14-7-9(6-10(13)8-15)11-4-2-3-5-12(11)14/h2-5,7,10,15H,6,8,13H2,1H3/t10-/m1/s1. The number of benzene rings is 1. The van der Waals surface area contributed by atoms with Gasteiger partial charge >= 0.3 is 0 Å². The fourth-order valence-corrected chi connectivity index (χ4v) is 1.94. The van der Waals surface area contributed by atoms with Crippen LogP contribution < -0.4 is 5.73 Å². The Morgan fingerprint density at radius 2 is 2.13 bits per heavy atom. The molecule has 0 bridgehead atoms. The lowest BCUT2D eigenvalue weighted by Crippen LogP contribution is -2.26. The Bertz CT molecular complexity index is 462. The lowest BCUT2D eigenvalue weighted by molar-refractivity contribution is 0.265. The summed E-state index contributed by atoms with van der Waals surface area (Å²) >= 11 is 0. The molecule has 3 heteroatoms. The van der Waals surface area contributed by atoms with Crippen LogP contribution in [0.5, 0.6) is 0 Å². The molecule has 2 rings (SSSR count). The highest BCUT2D eigenvalue weighted by molar-refractivity contribution is 5.83. The Kier molecular flexibility index (Phi) is 2.75. The van der Waals surface area contributed by atoms with E-state index in [1.165, 1.54) is 16.5 Å². The molecule has 80 valence electrons. The maximum atomic E-state index is 8.94. The van der Waals surface area contributed by atoms with Gasteiger partial charge in [-0.25, -0.2) is 0 Å². The predicted molar refractivity (Wildman–Crippen MR) is 61.7 cm³/mol. The molecule has 1 aromatic heterocycles. The zero-order valence-electron chi connectivity index (χ0n) is 8.85. The third kappa shape index (κ3) is 1.89. The second-order valence-corrected chi connectivity index (χ2v) is 3.93. The van der Waals surface area contributed by atoms with E-state index < -0.39 is 0 Å². The van der Waals surface area contributed by atoms with Crippen molar-refractivity contribution in [1.29, 1.82) is 0 Å². The molecule has 1 atom stereocenters. The van der Waals surface area contributed by atoms with Crippen molar-refractivity contribution in [2.75, 3.05) is 6.61 Å². The van der Waals surface area contributed by atoms with Crippen molar-refractivity contribution < 1.29 is 5.11 Å². The molecule has 0 saturated carbocycles. The molecular formula is C12H16N2O. The zero-order valence-corrected chi connectivity index (χ0v) is 8.85. The van der Waals surface area contributed by atoms with E-state index in [9.17, 15) is 0 Å². The summed E-state index contributed by atoms with van der Waals surface area (Å²) in [6.07, 6.45) is 2.80. The molecule has 15 heavy (non-hydrogen) atoms. The maximum absolute atomic E-state index is 8.94. The van der Waals surface area contributed by atoms with Gasteiger partial charge in [-0.1, -0.05) is 18.2 Å². The Hall–Kier alpha value is -1.32. The van der Waals surface area contributed by atoms with E-state index >= 15 is 0 Å². The smallest absolute Gasteiger partial charge is 0.0585 e. The van der Waals surface area contributed by atoms with Crippen LogP contribution in [0.25, 0.3) is 10.9 Å². The third-order valence-electron chi connectivity index (χ3n) is 2.70. The van der Waals surface area contributed by atoms with E-state index in [2.05, 4.69) is 22.9 Å². The van der Waals surface area contributed by atoms with Crippen LogP contribution in [-0.2, 0) is 13.5 Å². The van der Waals surface area contributed by atoms with Gasteiger partial charge in [-0.2, -0.15) is 0 Å². The normalized spacial score (nSPS) is 13.3. The topological polar surface area (TPSA) is 51.2 Å². The number of aromatic nitrogens is 1. The monoisotopic (exact) mass is 204 g/mol. The summed E-state index contributed by atoms with van der Waals surface area (Å²) in [5.41, 5.74) is 8.16. The summed E-state index contributed by atoms with van der Waals surface area (Å²) in [5, 5.41) is 10.2. The Labute approximate surface area is 89.1 Å². The minimum Gasteiger partial charge on any atom is -0.395 e. The third-order valence-corrected chi connectivity index (χ3v) is 2.70. The van der Waals surface area contributed by atoms with Crippen LogP contribution in [0.3, 0.4) is 0 Å². The first-order chi connectivity index (χ1) is 7.22. The second-order valence-electron chi connectivity index (χ2n) is 3.93. The molecule has 3 nitrogen and oxygen atoms in total. The molecule has 0 spiro atoms. The van der Waals surface area contributed by atoms with Crippen molar-refractivity contribution in [2.24, 2.45) is 12.8 Å². The first-order valence-electron chi connectivity index (χ1n) is 5.11. The minimum atomic E-state index is -0.171. The summed E-state index contributed by atoms with van der Waals surface area (Å²) < 4.78 is 2.09. The summed E-state index contributed by atoms with van der Waals surface area (Å²) in [7, 11) is 2.02. The van der Waals surface area contributed by atoms with E-state index in [0.29, 0.717) is 0 Å². The molecule has 2 aromatic rings. The fraction of sp³-hybridized carbons (Fsp3) is 0.333. The average Bonchev–Trinajstić information content (AvgIpc) is 2.57.